The molecule has 0 aliphatic heterocycles. The van der Waals surface area contributed by atoms with E-state index >= 15 is 0 Å². The highest BCUT2D eigenvalue weighted by molar-refractivity contribution is 7.92. The number of anilines is 1. The van der Waals surface area contributed by atoms with Gasteiger partial charge in [0.15, 0.2) is 0 Å². The number of rotatable bonds is 6. The van der Waals surface area contributed by atoms with Crippen molar-refractivity contribution in [3.63, 3.8) is 0 Å². The summed E-state index contributed by atoms with van der Waals surface area (Å²) in [5.74, 6) is 0. The lowest BCUT2D eigenvalue weighted by Gasteiger charge is -2.15. The fraction of sp³-hybridized carbons (Fsp3) is 0.500. The van der Waals surface area contributed by atoms with E-state index in [2.05, 4.69) is 10.0 Å². The summed E-state index contributed by atoms with van der Waals surface area (Å²) >= 11 is 5.98. The van der Waals surface area contributed by atoms with E-state index in [9.17, 15) is 13.5 Å². The van der Waals surface area contributed by atoms with Crippen LogP contribution >= 0.6 is 11.6 Å². The van der Waals surface area contributed by atoms with Crippen LogP contribution in [0, 0.1) is 0 Å². The molecule has 7 heteroatoms. The van der Waals surface area contributed by atoms with Crippen LogP contribution in [0.25, 0.3) is 0 Å². The minimum Gasteiger partial charge on any atom is -0.387 e. The largest absolute Gasteiger partial charge is 0.387 e. The zero-order chi connectivity index (χ0) is 14.6. The van der Waals surface area contributed by atoms with Gasteiger partial charge < -0.3 is 10.4 Å². The van der Waals surface area contributed by atoms with E-state index in [1.807, 2.05) is 13.8 Å². The van der Waals surface area contributed by atoms with Crippen molar-refractivity contribution in [2.24, 2.45) is 0 Å². The second-order valence-electron chi connectivity index (χ2n) is 4.69. The van der Waals surface area contributed by atoms with Crippen molar-refractivity contribution in [2.75, 3.05) is 17.5 Å². The van der Waals surface area contributed by atoms with Crippen LogP contribution < -0.4 is 10.0 Å². The van der Waals surface area contributed by atoms with Crippen molar-refractivity contribution in [1.82, 2.24) is 5.32 Å². The molecule has 0 saturated carbocycles. The van der Waals surface area contributed by atoms with E-state index < -0.39 is 16.1 Å². The van der Waals surface area contributed by atoms with Gasteiger partial charge in [0, 0.05) is 12.6 Å². The molecular formula is C12H19ClN2O3S. The van der Waals surface area contributed by atoms with Crippen molar-refractivity contribution in [1.29, 1.82) is 0 Å². The van der Waals surface area contributed by atoms with Gasteiger partial charge in [-0.05, 0) is 17.7 Å². The third-order valence-corrected chi connectivity index (χ3v) is 3.30. The van der Waals surface area contributed by atoms with Crippen LogP contribution in [0.5, 0.6) is 0 Å². The van der Waals surface area contributed by atoms with Gasteiger partial charge in [0.25, 0.3) is 0 Å². The Kier molecular flexibility index (Phi) is 5.61. The molecule has 19 heavy (non-hydrogen) atoms. The van der Waals surface area contributed by atoms with Crippen molar-refractivity contribution in [3.8, 4) is 0 Å². The number of hydrogen-bond donors (Lipinski definition) is 3. The van der Waals surface area contributed by atoms with E-state index in [1.165, 1.54) is 6.07 Å². The summed E-state index contributed by atoms with van der Waals surface area (Å²) < 4.78 is 24.5. The molecule has 0 spiro atoms. The molecule has 1 aromatic rings. The summed E-state index contributed by atoms with van der Waals surface area (Å²) in [6, 6.07) is 5.02. The van der Waals surface area contributed by atoms with Crippen LogP contribution in [0.4, 0.5) is 5.69 Å². The van der Waals surface area contributed by atoms with E-state index in [4.69, 9.17) is 11.6 Å². The summed E-state index contributed by atoms with van der Waals surface area (Å²) in [5, 5.41) is 13.3. The maximum atomic E-state index is 11.1. The Balaban J connectivity index is 2.81. The molecule has 0 aromatic heterocycles. The molecular weight excluding hydrogens is 288 g/mol. The molecule has 5 nitrogen and oxygen atoms in total. The molecule has 1 unspecified atom stereocenters. The van der Waals surface area contributed by atoms with Crippen molar-refractivity contribution in [2.45, 2.75) is 26.0 Å². The maximum absolute atomic E-state index is 11.1. The molecule has 0 heterocycles. The second kappa shape index (κ2) is 6.56. The quantitative estimate of drug-likeness (QED) is 0.748. The van der Waals surface area contributed by atoms with Crippen LogP contribution in [0.3, 0.4) is 0 Å². The molecule has 0 radical (unpaired) electrons. The standard InChI is InChI=1S/C12H19ClN2O3S/c1-8(2)14-7-12(16)9-4-5-11(10(13)6-9)15-19(3,17)18/h4-6,8,12,14-16H,7H2,1-3H3. The maximum Gasteiger partial charge on any atom is 0.229 e. The Morgan fingerprint density at radius 1 is 1.37 bits per heavy atom. The van der Waals surface area contributed by atoms with Crippen LogP contribution in [-0.4, -0.2) is 32.4 Å². The highest BCUT2D eigenvalue weighted by Gasteiger charge is 2.12. The zero-order valence-corrected chi connectivity index (χ0v) is 12.7. The first-order chi connectivity index (χ1) is 8.69. The summed E-state index contributed by atoms with van der Waals surface area (Å²) in [4.78, 5) is 0. The normalized spacial score (nSPS) is 13.6. The Bertz CT molecular complexity index is 532. The second-order valence-corrected chi connectivity index (χ2v) is 6.85. The highest BCUT2D eigenvalue weighted by Crippen LogP contribution is 2.26. The fourth-order valence-electron chi connectivity index (χ4n) is 1.49. The molecule has 0 aliphatic carbocycles. The van der Waals surface area contributed by atoms with Gasteiger partial charge in [0.1, 0.15) is 0 Å². The molecule has 3 N–H and O–H groups in total. The number of sulfonamides is 1. The third kappa shape index (κ3) is 5.78. The highest BCUT2D eigenvalue weighted by atomic mass is 35.5. The summed E-state index contributed by atoms with van der Waals surface area (Å²) in [5.41, 5.74) is 0.939. The number of aliphatic hydroxyl groups excluding tert-OH is 1. The van der Waals surface area contributed by atoms with Crippen LogP contribution in [-0.2, 0) is 10.0 Å². The molecule has 0 bridgehead atoms. The Labute approximate surface area is 119 Å². The lowest BCUT2D eigenvalue weighted by Crippen LogP contribution is -2.27. The Morgan fingerprint density at radius 2 is 2.00 bits per heavy atom. The SMILES string of the molecule is CC(C)NCC(O)c1ccc(NS(C)(=O)=O)c(Cl)c1. The zero-order valence-electron chi connectivity index (χ0n) is 11.1. The molecule has 0 fully saturated rings. The monoisotopic (exact) mass is 306 g/mol. The van der Waals surface area contributed by atoms with Crippen LogP contribution in [0.15, 0.2) is 18.2 Å². The number of aliphatic hydroxyl groups is 1. The lowest BCUT2D eigenvalue weighted by molar-refractivity contribution is 0.171. The molecule has 0 amide bonds. The number of hydrogen-bond acceptors (Lipinski definition) is 4. The molecule has 0 saturated heterocycles. The lowest BCUT2D eigenvalue weighted by atomic mass is 10.1. The van der Waals surface area contributed by atoms with Crippen LogP contribution in [0.1, 0.15) is 25.5 Å². The van der Waals surface area contributed by atoms with Gasteiger partial charge in [-0.25, -0.2) is 8.42 Å². The van der Waals surface area contributed by atoms with Gasteiger partial charge >= 0.3 is 0 Å². The van der Waals surface area contributed by atoms with E-state index in [0.29, 0.717) is 17.8 Å². The molecule has 1 aromatic carbocycles. The van der Waals surface area contributed by atoms with E-state index in [0.717, 1.165) is 6.26 Å². The smallest absolute Gasteiger partial charge is 0.229 e. The fourth-order valence-corrected chi connectivity index (χ4v) is 2.36. The van der Waals surface area contributed by atoms with Gasteiger partial charge in [-0.15, -0.1) is 0 Å². The first kappa shape index (κ1) is 16.2. The van der Waals surface area contributed by atoms with Crippen LogP contribution in [0.2, 0.25) is 5.02 Å². The predicted molar refractivity (Wildman–Crippen MR) is 78.0 cm³/mol. The minimum atomic E-state index is -3.36. The number of benzene rings is 1. The predicted octanol–water partition coefficient (Wildman–Crippen LogP) is 1.74. The molecule has 108 valence electrons. The number of halogens is 1. The molecule has 1 rings (SSSR count). The van der Waals surface area contributed by atoms with Gasteiger partial charge in [-0.1, -0.05) is 31.5 Å². The Hall–Kier alpha value is -0.820. The van der Waals surface area contributed by atoms with Gasteiger partial charge in [-0.2, -0.15) is 0 Å². The minimum absolute atomic E-state index is 0.256. The first-order valence-corrected chi connectivity index (χ1v) is 8.14. The average molecular weight is 307 g/mol. The van der Waals surface area contributed by atoms with Crippen molar-refractivity contribution >= 4 is 27.3 Å². The average Bonchev–Trinajstić information content (AvgIpc) is 2.27. The Morgan fingerprint density at radius 3 is 2.47 bits per heavy atom. The van der Waals surface area contributed by atoms with E-state index in [1.54, 1.807) is 12.1 Å². The van der Waals surface area contributed by atoms with Gasteiger partial charge in [0.05, 0.1) is 23.1 Å². The third-order valence-electron chi connectivity index (χ3n) is 2.39. The molecule has 1 atom stereocenters. The first-order valence-electron chi connectivity index (χ1n) is 5.87. The summed E-state index contributed by atoms with van der Waals surface area (Å²) in [6.07, 6.45) is 0.366. The van der Waals surface area contributed by atoms with Crippen molar-refractivity contribution in [3.05, 3.63) is 28.8 Å². The van der Waals surface area contributed by atoms with E-state index in [-0.39, 0.29) is 11.1 Å². The summed E-state index contributed by atoms with van der Waals surface area (Å²) in [6.45, 7) is 4.38. The van der Waals surface area contributed by atoms with Gasteiger partial charge in [-0.3, -0.25) is 4.72 Å². The van der Waals surface area contributed by atoms with Crippen molar-refractivity contribution < 1.29 is 13.5 Å². The summed E-state index contributed by atoms with van der Waals surface area (Å²) in [7, 11) is -3.36. The topological polar surface area (TPSA) is 78.4 Å². The van der Waals surface area contributed by atoms with Gasteiger partial charge in [0.2, 0.25) is 10.0 Å². The molecule has 0 aliphatic rings. The number of nitrogens with one attached hydrogen (secondary N) is 2.